The summed E-state index contributed by atoms with van der Waals surface area (Å²) in [4.78, 5) is 30.3. The summed E-state index contributed by atoms with van der Waals surface area (Å²) in [5.41, 5.74) is -0.357. The summed E-state index contributed by atoms with van der Waals surface area (Å²) < 4.78 is 0. The van der Waals surface area contributed by atoms with Gasteiger partial charge < -0.3 is 20.9 Å². The van der Waals surface area contributed by atoms with E-state index in [1.54, 1.807) is 19.0 Å². The van der Waals surface area contributed by atoms with Crippen LogP contribution in [0.2, 0.25) is 0 Å². The standard InChI is InChI=1S/C17H33N5O2.HI/c1-5-11-19-14(23)12-20-16(18-6-2)21-13-17(9-7-8-10-17)15(24)22(3)4;/h5-13H2,1-4H3,(H,19,23)(H2,18,20,21);1H. The van der Waals surface area contributed by atoms with Gasteiger partial charge >= 0.3 is 0 Å². The molecule has 0 aromatic rings. The summed E-state index contributed by atoms with van der Waals surface area (Å²) >= 11 is 0. The molecule has 1 aliphatic rings. The molecular weight excluding hydrogens is 433 g/mol. The van der Waals surface area contributed by atoms with Crippen molar-refractivity contribution in [3.8, 4) is 0 Å². The Labute approximate surface area is 168 Å². The van der Waals surface area contributed by atoms with Gasteiger partial charge in [0.15, 0.2) is 5.96 Å². The highest BCUT2D eigenvalue weighted by Crippen LogP contribution is 2.38. The van der Waals surface area contributed by atoms with E-state index in [4.69, 9.17) is 0 Å². The SMILES string of the molecule is CCCNC(=O)CN=C(NCC)NCC1(C(=O)N(C)C)CCCC1.I. The summed E-state index contributed by atoms with van der Waals surface area (Å²) in [6.45, 7) is 5.99. The molecule has 0 heterocycles. The first-order chi connectivity index (χ1) is 11.4. The zero-order valence-corrected chi connectivity index (χ0v) is 18.3. The third-order valence-electron chi connectivity index (χ3n) is 4.31. The van der Waals surface area contributed by atoms with Gasteiger partial charge in [0.05, 0.1) is 5.41 Å². The Morgan fingerprint density at radius 3 is 2.24 bits per heavy atom. The van der Waals surface area contributed by atoms with Crippen LogP contribution in [-0.4, -0.2) is 62.9 Å². The molecule has 0 aromatic carbocycles. The summed E-state index contributed by atoms with van der Waals surface area (Å²) in [5.74, 6) is 0.667. The molecule has 0 unspecified atom stereocenters. The van der Waals surface area contributed by atoms with Crippen molar-refractivity contribution in [3.05, 3.63) is 0 Å². The molecule has 1 saturated carbocycles. The van der Waals surface area contributed by atoms with Crippen LogP contribution in [0.25, 0.3) is 0 Å². The van der Waals surface area contributed by atoms with Crippen LogP contribution in [0.15, 0.2) is 4.99 Å². The lowest BCUT2D eigenvalue weighted by atomic mass is 9.84. The minimum absolute atomic E-state index is 0. The molecule has 0 saturated heterocycles. The summed E-state index contributed by atoms with van der Waals surface area (Å²) in [7, 11) is 3.61. The number of carbonyl (C=O) groups is 2. The molecule has 0 bridgehead atoms. The Morgan fingerprint density at radius 1 is 1.08 bits per heavy atom. The van der Waals surface area contributed by atoms with Gasteiger partial charge in [-0.3, -0.25) is 9.59 Å². The van der Waals surface area contributed by atoms with E-state index in [-0.39, 0.29) is 47.8 Å². The molecule has 0 radical (unpaired) electrons. The second kappa shape index (κ2) is 12.3. The fraction of sp³-hybridized carbons (Fsp3) is 0.824. The number of carbonyl (C=O) groups excluding carboxylic acids is 2. The molecule has 0 atom stereocenters. The molecule has 7 nitrogen and oxygen atoms in total. The number of hydrogen-bond donors (Lipinski definition) is 3. The monoisotopic (exact) mass is 467 g/mol. The maximum Gasteiger partial charge on any atom is 0.241 e. The van der Waals surface area contributed by atoms with Gasteiger partial charge in [-0.25, -0.2) is 4.99 Å². The summed E-state index contributed by atoms with van der Waals surface area (Å²) in [6, 6.07) is 0. The highest BCUT2D eigenvalue weighted by atomic mass is 127. The first kappa shape index (κ1) is 23.9. The lowest BCUT2D eigenvalue weighted by molar-refractivity contribution is -0.138. The van der Waals surface area contributed by atoms with Crippen LogP contribution in [0.5, 0.6) is 0 Å². The van der Waals surface area contributed by atoms with Crippen molar-refractivity contribution in [1.82, 2.24) is 20.9 Å². The fourth-order valence-electron chi connectivity index (χ4n) is 3.06. The highest BCUT2D eigenvalue weighted by Gasteiger charge is 2.42. The molecule has 25 heavy (non-hydrogen) atoms. The molecular formula is C17H34IN5O2. The van der Waals surface area contributed by atoms with Crippen molar-refractivity contribution in [1.29, 1.82) is 0 Å². The molecule has 0 spiro atoms. The molecule has 1 rings (SSSR count). The third kappa shape index (κ3) is 7.79. The molecule has 0 aliphatic heterocycles. The van der Waals surface area contributed by atoms with Crippen LogP contribution in [0.3, 0.4) is 0 Å². The number of amides is 2. The number of nitrogens with zero attached hydrogens (tertiary/aromatic N) is 2. The summed E-state index contributed by atoms with van der Waals surface area (Å²) in [5, 5.41) is 9.20. The number of nitrogens with one attached hydrogen (secondary N) is 3. The Bertz CT molecular complexity index is 448. The highest BCUT2D eigenvalue weighted by molar-refractivity contribution is 14.0. The van der Waals surface area contributed by atoms with Gasteiger partial charge in [0.25, 0.3) is 0 Å². The topological polar surface area (TPSA) is 85.8 Å². The van der Waals surface area contributed by atoms with Gasteiger partial charge in [-0.2, -0.15) is 0 Å². The van der Waals surface area contributed by atoms with E-state index < -0.39 is 0 Å². The van der Waals surface area contributed by atoms with E-state index in [1.165, 1.54) is 0 Å². The van der Waals surface area contributed by atoms with Gasteiger partial charge in [-0.1, -0.05) is 19.8 Å². The van der Waals surface area contributed by atoms with Crippen molar-refractivity contribution < 1.29 is 9.59 Å². The number of rotatable bonds is 8. The first-order valence-electron chi connectivity index (χ1n) is 8.96. The minimum Gasteiger partial charge on any atom is -0.357 e. The zero-order valence-electron chi connectivity index (χ0n) is 16.0. The van der Waals surface area contributed by atoms with Crippen LogP contribution in [0.1, 0.15) is 46.0 Å². The number of halogens is 1. The maximum absolute atomic E-state index is 12.6. The van der Waals surface area contributed by atoms with Crippen molar-refractivity contribution in [3.63, 3.8) is 0 Å². The normalized spacial score (nSPS) is 15.9. The second-order valence-electron chi connectivity index (χ2n) is 6.59. The van der Waals surface area contributed by atoms with E-state index in [0.717, 1.165) is 32.1 Å². The predicted molar refractivity (Wildman–Crippen MR) is 112 cm³/mol. The van der Waals surface area contributed by atoms with Crippen molar-refractivity contribution in [2.45, 2.75) is 46.0 Å². The largest absolute Gasteiger partial charge is 0.357 e. The van der Waals surface area contributed by atoms with Crippen molar-refractivity contribution in [2.75, 3.05) is 40.3 Å². The van der Waals surface area contributed by atoms with Gasteiger partial charge in [-0.15, -0.1) is 24.0 Å². The molecule has 8 heteroatoms. The molecule has 1 fully saturated rings. The fourth-order valence-corrected chi connectivity index (χ4v) is 3.06. The lowest BCUT2D eigenvalue weighted by Gasteiger charge is -2.31. The average Bonchev–Trinajstić information content (AvgIpc) is 3.04. The van der Waals surface area contributed by atoms with Gasteiger partial charge in [0.2, 0.25) is 11.8 Å². The van der Waals surface area contributed by atoms with Gasteiger partial charge in [0, 0.05) is 33.7 Å². The van der Waals surface area contributed by atoms with Crippen molar-refractivity contribution >= 4 is 41.8 Å². The molecule has 1 aliphatic carbocycles. The summed E-state index contributed by atoms with van der Waals surface area (Å²) in [6.07, 6.45) is 4.85. The van der Waals surface area contributed by atoms with Crippen LogP contribution in [0, 0.1) is 5.41 Å². The first-order valence-corrected chi connectivity index (χ1v) is 8.96. The van der Waals surface area contributed by atoms with E-state index >= 15 is 0 Å². The van der Waals surface area contributed by atoms with Crippen LogP contribution in [0.4, 0.5) is 0 Å². The molecule has 2 amide bonds. The predicted octanol–water partition coefficient (Wildman–Crippen LogP) is 1.33. The van der Waals surface area contributed by atoms with Crippen LogP contribution in [-0.2, 0) is 9.59 Å². The molecule has 0 aromatic heterocycles. The van der Waals surface area contributed by atoms with Gasteiger partial charge in [0.1, 0.15) is 6.54 Å². The number of aliphatic imine (C=N–C) groups is 1. The Morgan fingerprint density at radius 2 is 1.72 bits per heavy atom. The minimum atomic E-state index is -0.357. The number of guanidine groups is 1. The Hall–Kier alpha value is -1.06. The maximum atomic E-state index is 12.6. The quantitative estimate of drug-likeness (QED) is 0.286. The Kier molecular flexibility index (Phi) is 11.8. The molecule has 3 N–H and O–H groups in total. The lowest BCUT2D eigenvalue weighted by Crippen LogP contribution is -2.49. The van der Waals surface area contributed by atoms with Crippen LogP contribution >= 0.6 is 24.0 Å². The van der Waals surface area contributed by atoms with E-state index in [1.807, 2.05) is 13.8 Å². The zero-order chi connectivity index (χ0) is 18.0. The van der Waals surface area contributed by atoms with Gasteiger partial charge in [-0.05, 0) is 26.2 Å². The average molecular weight is 467 g/mol. The molecule has 146 valence electrons. The second-order valence-corrected chi connectivity index (χ2v) is 6.59. The smallest absolute Gasteiger partial charge is 0.241 e. The van der Waals surface area contributed by atoms with Crippen LogP contribution < -0.4 is 16.0 Å². The van der Waals surface area contributed by atoms with E-state index in [0.29, 0.717) is 25.6 Å². The number of hydrogen-bond acceptors (Lipinski definition) is 3. The van der Waals surface area contributed by atoms with E-state index in [9.17, 15) is 9.59 Å². The third-order valence-corrected chi connectivity index (χ3v) is 4.31. The van der Waals surface area contributed by atoms with Crippen molar-refractivity contribution in [2.24, 2.45) is 10.4 Å². The Balaban J connectivity index is 0.00000576. The van der Waals surface area contributed by atoms with E-state index in [2.05, 4.69) is 20.9 Å².